The van der Waals surface area contributed by atoms with Crippen LogP contribution in [0.2, 0.25) is 0 Å². The van der Waals surface area contributed by atoms with Crippen LogP contribution in [0, 0.1) is 5.82 Å². The third kappa shape index (κ3) is 5.04. The van der Waals surface area contributed by atoms with Crippen LogP contribution in [-0.4, -0.2) is 87.2 Å². The summed E-state index contributed by atoms with van der Waals surface area (Å²) < 4.78 is 44.5. The van der Waals surface area contributed by atoms with E-state index in [9.17, 15) is 17.6 Å². The van der Waals surface area contributed by atoms with E-state index in [4.69, 9.17) is 4.74 Å². The quantitative estimate of drug-likeness (QED) is 0.729. The molecule has 27 heavy (non-hydrogen) atoms. The standard InChI is InChI=1S/C18H26FN3O4S/c1-20-7-8-21(14-17(20)15-2-4-16(19)5-3-15)18(23)6-13-27(24,25)22-9-11-26-12-10-22/h2-5,17H,6-14H2,1H3. The molecule has 2 fully saturated rings. The van der Waals surface area contributed by atoms with Gasteiger partial charge in [0, 0.05) is 39.1 Å². The van der Waals surface area contributed by atoms with Crippen molar-refractivity contribution in [3.8, 4) is 0 Å². The van der Waals surface area contributed by atoms with Crippen LogP contribution in [0.4, 0.5) is 4.39 Å². The summed E-state index contributed by atoms with van der Waals surface area (Å²) in [6.07, 6.45) is -0.0282. The lowest BCUT2D eigenvalue weighted by atomic mass is 10.0. The van der Waals surface area contributed by atoms with Crippen LogP contribution in [0.1, 0.15) is 18.0 Å². The fraction of sp³-hybridized carbons (Fsp3) is 0.611. The zero-order valence-electron chi connectivity index (χ0n) is 15.5. The topological polar surface area (TPSA) is 70.2 Å². The van der Waals surface area contributed by atoms with Gasteiger partial charge in [-0.3, -0.25) is 9.69 Å². The highest BCUT2D eigenvalue weighted by atomic mass is 32.2. The summed E-state index contributed by atoms with van der Waals surface area (Å²) in [6, 6.07) is 6.26. The summed E-state index contributed by atoms with van der Waals surface area (Å²) in [5.41, 5.74) is 0.942. The third-order valence-electron chi connectivity index (χ3n) is 5.19. The molecule has 0 radical (unpaired) electrons. The number of benzene rings is 1. The lowest BCUT2D eigenvalue weighted by molar-refractivity contribution is -0.133. The van der Waals surface area contributed by atoms with Crippen molar-refractivity contribution in [3.05, 3.63) is 35.6 Å². The summed E-state index contributed by atoms with van der Waals surface area (Å²) in [7, 11) is -1.47. The smallest absolute Gasteiger partial charge is 0.223 e. The molecular formula is C18H26FN3O4S. The maximum atomic E-state index is 13.2. The Labute approximate surface area is 159 Å². The Morgan fingerprint density at radius 2 is 1.81 bits per heavy atom. The number of likely N-dealkylation sites (N-methyl/N-ethyl adjacent to an activating group) is 1. The summed E-state index contributed by atoms with van der Waals surface area (Å²) in [4.78, 5) is 16.4. The number of amides is 1. The summed E-state index contributed by atoms with van der Waals surface area (Å²) in [5.74, 6) is -0.634. The number of morpholine rings is 1. The lowest BCUT2D eigenvalue weighted by Gasteiger charge is -2.40. The normalized spacial score (nSPS) is 22.7. The molecule has 9 heteroatoms. The van der Waals surface area contributed by atoms with Crippen molar-refractivity contribution in [2.75, 3.05) is 58.7 Å². The Hall–Kier alpha value is -1.55. The summed E-state index contributed by atoms with van der Waals surface area (Å²) in [5, 5.41) is 0. The van der Waals surface area contributed by atoms with E-state index in [2.05, 4.69) is 4.90 Å². The van der Waals surface area contributed by atoms with Crippen molar-refractivity contribution in [2.24, 2.45) is 0 Å². The van der Waals surface area contributed by atoms with Gasteiger partial charge in [0.05, 0.1) is 25.0 Å². The first kappa shape index (κ1) is 20.2. The molecule has 0 saturated carbocycles. The molecule has 0 aromatic heterocycles. The SMILES string of the molecule is CN1CCN(C(=O)CCS(=O)(=O)N2CCOCC2)CC1c1ccc(F)cc1. The van der Waals surface area contributed by atoms with Gasteiger partial charge in [-0.2, -0.15) is 4.31 Å². The molecule has 1 unspecified atom stereocenters. The second-order valence-corrected chi connectivity index (χ2v) is 9.05. The predicted molar refractivity (Wildman–Crippen MR) is 99.1 cm³/mol. The van der Waals surface area contributed by atoms with Gasteiger partial charge in [-0.1, -0.05) is 12.1 Å². The van der Waals surface area contributed by atoms with Gasteiger partial charge >= 0.3 is 0 Å². The number of carbonyl (C=O) groups is 1. The molecule has 0 N–H and O–H groups in total. The Morgan fingerprint density at radius 1 is 1.15 bits per heavy atom. The number of nitrogens with zero attached hydrogens (tertiary/aromatic N) is 3. The second-order valence-electron chi connectivity index (χ2n) is 6.97. The van der Waals surface area contributed by atoms with Crippen molar-refractivity contribution in [2.45, 2.75) is 12.5 Å². The number of piperazine rings is 1. The van der Waals surface area contributed by atoms with Crippen LogP contribution < -0.4 is 0 Å². The molecule has 1 atom stereocenters. The first-order chi connectivity index (χ1) is 12.9. The zero-order chi connectivity index (χ0) is 19.4. The maximum absolute atomic E-state index is 13.2. The van der Waals surface area contributed by atoms with Gasteiger partial charge in [0.25, 0.3) is 0 Å². The van der Waals surface area contributed by atoms with Crippen LogP contribution in [0.5, 0.6) is 0 Å². The van der Waals surface area contributed by atoms with Gasteiger partial charge < -0.3 is 9.64 Å². The molecule has 2 heterocycles. The summed E-state index contributed by atoms with van der Waals surface area (Å²) in [6.45, 7) is 3.19. The molecular weight excluding hydrogens is 373 g/mol. The van der Waals surface area contributed by atoms with E-state index in [0.717, 1.165) is 5.56 Å². The highest BCUT2D eigenvalue weighted by Gasteiger charge is 2.30. The highest BCUT2D eigenvalue weighted by Crippen LogP contribution is 2.24. The van der Waals surface area contributed by atoms with Gasteiger partial charge in [-0.25, -0.2) is 12.8 Å². The Kier molecular flexibility index (Phi) is 6.46. The van der Waals surface area contributed by atoms with E-state index in [1.807, 2.05) is 7.05 Å². The molecule has 1 aromatic carbocycles. The Bertz CT molecular complexity index is 750. The van der Waals surface area contributed by atoms with E-state index < -0.39 is 10.0 Å². The van der Waals surface area contributed by atoms with Crippen LogP contribution >= 0.6 is 0 Å². The largest absolute Gasteiger partial charge is 0.379 e. The van der Waals surface area contributed by atoms with Gasteiger partial charge in [0.15, 0.2) is 0 Å². The van der Waals surface area contributed by atoms with E-state index in [-0.39, 0.29) is 29.9 Å². The molecule has 2 aliphatic rings. The number of halogens is 1. The average Bonchev–Trinajstić information content (AvgIpc) is 2.68. The average molecular weight is 399 g/mol. The van der Waals surface area contributed by atoms with E-state index in [1.165, 1.54) is 16.4 Å². The van der Waals surface area contributed by atoms with Gasteiger partial charge in [-0.15, -0.1) is 0 Å². The lowest BCUT2D eigenvalue weighted by Crippen LogP contribution is -2.49. The number of hydrogen-bond donors (Lipinski definition) is 0. The molecule has 3 rings (SSSR count). The van der Waals surface area contributed by atoms with Crippen LogP contribution in [0.25, 0.3) is 0 Å². The zero-order valence-corrected chi connectivity index (χ0v) is 16.3. The number of carbonyl (C=O) groups excluding carboxylic acids is 1. The van der Waals surface area contributed by atoms with Crippen molar-refractivity contribution in [1.29, 1.82) is 0 Å². The molecule has 7 nitrogen and oxygen atoms in total. The summed E-state index contributed by atoms with van der Waals surface area (Å²) >= 11 is 0. The van der Waals surface area contributed by atoms with Crippen LogP contribution in [0.15, 0.2) is 24.3 Å². The molecule has 2 aliphatic heterocycles. The van der Waals surface area contributed by atoms with Gasteiger partial charge in [0.1, 0.15) is 5.82 Å². The fourth-order valence-electron chi connectivity index (χ4n) is 3.47. The van der Waals surface area contributed by atoms with Crippen LogP contribution in [-0.2, 0) is 19.6 Å². The molecule has 2 saturated heterocycles. The van der Waals surface area contributed by atoms with Crippen LogP contribution in [0.3, 0.4) is 0 Å². The minimum atomic E-state index is -3.44. The number of rotatable bonds is 5. The second kappa shape index (κ2) is 8.64. The number of hydrogen-bond acceptors (Lipinski definition) is 5. The molecule has 1 amide bonds. The first-order valence-electron chi connectivity index (χ1n) is 9.16. The Balaban J connectivity index is 1.58. The predicted octanol–water partition coefficient (Wildman–Crippen LogP) is 0.693. The van der Waals surface area contributed by atoms with Gasteiger partial charge in [0.2, 0.25) is 15.9 Å². The minimum Gasteiger partial charge on any atom is -0.379 e. The van der Waals surface area contributed by atoms with Crippen molar-refractivity contribution in [3.63, 3.8) is 0 Å². The number of sulfonamides is 1. The molecule has 150 valence electrons. The van der Waals surface area contributed by atoms with Crippen molar-refractivity contribution >= 4 is 15.9 Å². The monoisotopic (exact) mass is 399 g/mol. The van der Waals surface area contributed by atoms with Crippen molar-refractivity contribution in [1.82, 2.24) is 14.1 Å². The minimum absolute atomic E-state index is 0.0282. The van der Waals surface area contributed by atoms with E-state index >= 15 is 0 Å². The van der Waals surface area contributed by atoms with Crippen molar-refractivity contribution < 1.29 is 22.3 Å². The van der Waals surface area contributed by atoms with Gasteiger partial charge in [-0.05, 0) is 24.7 Å². The molecule has 0 aliphatic carbocycles. The fourth-order valence-corrected chi connectivity index (χ4v) is 4.87. The highest BCUT2D eigenvalue weighted by molar-refractivity contribution is 7.89. The number of ether oxygens (including phenoxy) is 1. The third-order valence-corrected chi connectivity index (χ3v) is 7.06. The first-order valence-corrected chi connectivity index (χ1v) is 10.8. The maximum Gasteiger partial charge on any atom is 0.223 e. The molecule has 1 aromatic rings. The van der Waals surface area contributed by atoms with E-state index in [1.54, 1.807) is 17.0 Å². The van der Waals surface area contributed by atoms with E-state index in [0.29, 0.717) is 45.9 Å². The molecule has 0 spiro atoms. The molecule has 0 bridgehead atoms. The Morgan fingerprint density at radius 3 is 2.48 bits per heavy atom.